The number of nitrogens with one attached hydrogen (secondary N) is 1. The van der Waals surface area contributed by atoms with Gasteiger partial charge in [-0.3, -0.25) is 4.90 Å². The number of piperidine rings is 1. The van der Waals surface area contributed by atoms with E-state index < -0.39 is 11.6 Å². The van der Waals surface area contributed by atoms with Crippen LogP contribution in [0.4, 0.5) is 8.78 Å². The molecule has 0 radical (unpaired) electrons. The Hall–Kier alpha value is 0.0200. The van der Waals surface area contributed by atoms with Gasteiger partial charge < -0.3 is 5.32 Å². The molecule has 1 aliphatic heterocycles. The van der Waals surface area contributed by atoms with E-state index in [1.54, 1.807) is 0 Å². The SMILES string of the molecule is CNCC1CCCN(Cc2c(F)ccc(I)c2F)C1.Cl. The van der Waals surface area contributed by atoms with E-state index in [0.717, 1.165) is 26.1 Å². The highest BCUT2D eigenvalue weighted by Gasteiger charge is 2.22. The third kappa shape index (κ3) is 4.51. The highest BCUT2D eigenvalue weighted by atomic mass is 127. The summed E-state index contributed by atoms with van der Waals surface area (Å²) in [5, 5.41) is 3.18. The van der Waals surface area contributed by atoms with Crippen LogP contribution in [0.1, 0.15) is 18.4 Å². The van der Waals surface area contributed by atoms with Gasteiger partial charge in [-0.25, -0.2) is 8.78 Å². The minimum atomic E-state index is -0.436. The van der Waals surface area contributed by atoms with Crippen LogP contribution in [0.5, 0.6) is 0 Å². The van der Waals surface area contributed by atoms with Crippen molar-refractivity contribution in [3.05, 3.63) is 32.9 Å². The van der Waals surface area contributed by atoms with Gasteiger partial charge in [-0.15, -0.1) is 12.4 Å². The molecule has 0 aliphatic carbocycles. The largest absolute Gasteiger partial charge is 0.319 e. The Bertz CT molecular complexity index is 443. The van der Waals surface area contributed by atoms with Gasteiger partial charge in [0.1, 0.15) is 11.6 Å². The molecule has 2 nitrogen and oxygen atoms in total. The first-order valence-corrected chi connectivity index (χ1v) is 7.69. The van der Waals surface area contributed by atoms with Crippen molar-refractivity contribution < 1.29 is 8.78 Å². The van der Waals surface area contributed by atoms with E-state index in [4.69, 9.17) is 0 Å². The average Bonchev–Trinajstić information content (AvgIpc) is 2.40. The minimum Gasteiger partial charge on any atom is -0.319 e. The molecular formula is C14H20ClF2IN2. The lowest BCUT2D eigenvalue weighted by Crippen LogP contribution is -2.38. The molecule has 0 saturated carbocycles. The molecule has 1 fully saturated rings. The van der Waals surface area contributed by atoms with Crippen molar-refractivity contribution in [2.24, 2.45) is 5.92 Å². The van der Waals surface area contributed by atoms with Gasteiger partial charge in [0, 0.05) is 22.2 Å². The molecule has 1 aromatic rings. The average molecular weight is 417 g/mol. The quantitative estimate of drug-likeness (QED) is 0.598. The Labute approximate surface area is 138 Å². The van der Waals surface area contributed by atoms with E-state index in [9.17, 15) is 8.78 Å². The molecule has 1 saturated heterocycles. The Morgan fingerprint density at radius 3 is 2.85 bits per heavy atom. The smallest absolute Gasteiger partial charge is 0.143 e. The van der Waals surface area contributed by atoms with Crippen molar-refractivity contribution in [1.29, 1.82) is 0 Å². The number of rotatable bonds is 4. The van der Waals surface area contributed by atoms with Gasteiger partial charge in [0.2, 0.25) is 0 Å². The Balaban J connectivity index is 0.00000200. The molecule has 0 aromatic heterocycles. The normalized spacial score (nSPS) is 19.7. The van der Waals surface area contributed by atoms with Crippen molar-refractivity contribution in [1.82, 2.24) is 10.2 Å². The fourth-order valence-corrected chi connectivity index (χ4v) is 3.19. The lowest BCUT2D eigenvalue weighted by molar-refractivity contribution is 0.163. The van der Waals surface area contributed by atoms with E-state index in [1.165, 1.54) is 18.6 Å². The molecule has 1 aromatic carbocycles. The molecule has 0 bridgehead atoms. The summed E-state index contributed by atoms with van der Waals surface area (Å²) in [6.07, 6.45) is 2.29. The van der Waals surface area contributed by atoms with Crippen molar-refractivity contribution in [2.45, 2.75) is 19.4 Å². The molecule has 2 rings (SSSR count). The van der Waals surface area contributed by atoms with Crippen LogP contribution in [0.15, 0.2) is 12.1 Å². The highest BCUT2D eigenvalue weighted by Crippen LogP contribution is 2.23. The van der Waals surface area contributed by atoms with Crippen LogP contribution in [0.25, 0.3) is 0 Å². The van der Waals surface area contributed by atoms with E-state index in [0.29, 0.717) is 16.0 Å². The van der Waals surface area contributed by atoms with Gasteiger partial charge in [0.15, 0.2) is 0 Å². The van der Waals surface area contributed by atoms with Crippen LogP contribution in [0, 0.1) is 21.1 Å². The molecule has 0 spiro atoms. The maximum absolute atomic E-state index is 14.0. The van der Waals surface area contributed by atoms with Gasteiger partial charge in [-0.2, -0.15) is 0 Å². The van der Waals surface area contributed by atoms with Crippen molar-refractivity contribution in [3.8, 4) is 0 Å². The zero-order valence-electron chi connectivity index (χ0n) is 11.5. The van der Waals surface area contributed by atoms with Crippen LogP contribution >= 0.6 is 35.0 Å². The molecule has 114 valence electrons. The third-order valence-corrected chi connectivity index (χ3v) is 4.45. The van der Waals surface area contributed by atoms with Crippen LogP contribution in [-0.2, 0) is 6.54 Å². The third-order valence-electron chi connectivity index (χ3n) is 3.62. The standard InChI is InChI=1S/C14H19F2IN2.ClH/c1-18-7-10-3-2-6-19(8-10)9-11-12(15)4-5-13(17)14(11)16;/h4-5,10,18H,2-3,6-9H2,1H3;1H. The summed E-state index contributed by atoms with van der Waals surface area (Å²) in [5.41, 5.74) is 0.206. The fraction of sp³-hybridized carbons (Fsp3) is 0.571. The minimum absolute atomic E-state index is 0. The van der Waals surface area contributed by atoms with Gasteiger partial charge >= 0.3 is 0 Å². The predicted molar refractivity (Wildman–Crippen MR) is 88.3 cm³/mol. The predicted octanol–water partition coefficient (Wildman–Crippen LogP) is 3.42. The second kappa shape index (κ2) is 8.46. The van der Waals surface area contributed by atoms with Gasteiger partial charge in [0.25, 0.3) is 0 Å². The lowest BCUT2D eigenvalue weighted by Gasteiger charge is -2.32. The Morgan fingerprint density at radius 1 is 1.40 bits per heavy atom. The molecule has 20 heavy (non-hydrogen) atoms. The molecule has 6 heteroatoms. The second-order valence-corrected chi connectivity index (χ2v) is 6.28. The maximum Gasteiger partial charge on any atom is 0.143 e. The Morgan fingerprint density at radius 2 is 2.15 bits per heavy atom. The number of likely N-dealkylation sites (tertiary alicyclic amines) is 1. The van der Waals surface area contributed by atoms with Crippen molar-refractivity contribution >= 4 is 35.0 Å². The highest BCUT2D eigenvalue weighted by molar-refractivity contribution is 14.1. The molecule has 1 N–H and O–H groups in total. The van der Waals surface area contributed by atoms with E-state index in [1.807, 2.05) is 29.6 Å². The van der Waals surface area contributed by atoms with Crippen LogP contribution in [0.2, 0.25) is 0 Å². The molecular weight excluding hydrogens is 397 g/mol. The van der Waals surface area contributed by atoms with Crippen LogP contribution in [0.3, 0.4) is 0 Å². The first-order chi connectivity index (χ1) is 9.11. The Kier molecular flexibility index (Phi) is 7.64. The van der Waals surface area contributed by atoms with E-state index in [-0.39, 0.29) is 18.0 Å². The first-order valence-electron chi connectivity index (χ1n) is 6.61. The summed E-state index contributed by atoms with van der Waals surface area (Å²) in [7, 11) is 1.94. The molecule has 1 heterocycles. The lowest BCUT2D eigenvalue weighted by atomic mass is 9.97. The van der Waals surface area contributed by atoms with Crippen molar-refractivity contribution in [2.75, 3.05) is 26.7 Å². The summed E-state index contributed by atoms with van der Waals surface area (Å²) in [4.78, 5) is 2.16. The van der Waals surface area contributed by atoms with E-state index in [2.05, 4.69) is 10.2 Å². The summed E-state index contributed by atoms with van der Waals surface area (Å²) in [6, 6.07) is 2.84. The zero-order chi connectivity index (χ0) is 13.8. The summed E-state index contributed by atoms with van der Waals surface area (Å²) in [5.74, 6) is -0.266. The molecule has 1 aliphatic rings. The van der Waals surface area contributed by atoms with Gasteiger partial charge in [-0.05, 0) is 73.6 Å². The number of benzene rings is 1. The summed E-state index contributed by atoms with van der Waals surface area (Å²) in [6.45, 7) is 3.16. The molecule has 1 atom stereocenters. The van der Waals surface area contributed by atoms with Crippen LogP contribution < -0.4 is 5.32 Å². The fourth-order valence-electron chi connectivity index (χ4n) is 2.69. The maximum atomic E-state index is 14.0. The van der Waals surface area contributed by atoms with Crippen molar-refractivity contribution in [3.63, 3.8) is 0 Å². The van der Waals surface area contributed by atoms with Gasteiger partial charge in [0.05, 0.1) is 0 Å². The molecule has 0 amide bonds. The number of halogens is 4. The zero-order valence-corrected chi connectivity index (χ0v) is 14.4. The number of nitrogens with zero attached hydrogens (tertiary/aromatic N) is 1. The van der Waals surface area contributed by atoms with E-state index >= 15 is 0 Å². The summed E-state index contributed by atoms with van der Waals surface area (Å²) >= 11 is 1.91. The van der Waals surface area contributed by atoms with Gasteiger partial charge in [-0.1, -0.05) is 0 Å². The van der Waals surface area contributed by atoms with Crippen LogP contribution in [-0.4, -0.2) is 31.6 Å². The number of hydrogen-bond donors (Lipinski definition) is 1. The summed E-state index contributed by atoms with van der Waals surface area (Å²) < 4.78 is 28.2. The second-order valence-electron chi connectivity index (χ2n) is 5.12. The monoisotopic (exact) mass is 416 g/mol. The molecule has 1 unspecified atom stereocenters. The number of hydrogen-bond acceptors (Lipinski definition) is 2. The first kappa shape index (κ1) is 18.1. The topological polar surface area (TPSA) is 15.3 Å².